The average molecular weight is 286 g/mol. The molecule has 2 rings (SSSR count). The number of nitrogens with zero attached hydrogens (tertiary/aromatic N) is 1. The summed E-state index contributed by atoms with van der Waals surface area (Å²) in [6.07, 6.45) is -0.156. The number of aryl methyl sites for hydroxylation is 1. The number of halogens is 1. The van der Waals surface area contributed by atoms with E-state index in [-0.39, 0.29) is 6.42 Å². The van der Waals surface area contributed by atoms with Gasteiger partial charge in [0.2, 0.25) is 0 Å². The van der Waals surface area contributed by atoms with Crippen LogP contribution in [0.5, 0.6) is 0 Å². The summed E-state index contributed by atoms with van der Waals surface area (Å²) >= 11 is 3.16. The molecule has 16 heavy (non-hydrogen) atoms. The molecule has 0 fully saturated rings. The molecule has 2 heterocycles. The van der Waals surface area contributed by atoms with Crippen molar-refractivity contribution in [2.45, 2.75) is 13.3 Å². The lowest BCUT2D eigenvalue weighted by molar-refractivity contribution is -0.136. The van der Waals surface area contributed by atoms with Crippen molar-refractivity contribution in [1.82, 2.24) is 4.98 Å². The van der Waals surface area contributed by atoms with Crippen molar-refractivity contribution in [2.75, 3.05) is 0 Å². The van der Waals surface area contributed by atoms with E-state index in [1.165, 1.54) is 0 Å². The molecule has 0 saturated carbocycles. The van der Waals surface area contributed by atoms with Crippen LogP contribution in [0.1, 0.15) is 11.5 Å². The minimum absolute atomic E-state index is 0.156. The molecule has 0 aliphatic heterocycles. The Kier molecular flexibility index (Phi) is 2.82. The number of hydrogen-bond acceptors (Lipinski definition) is 4. The molecule has 1 N–H and O–H groups in total. The monoisotopic (exact) mass is 285 g/mol. The smallest absolute Gasteiger partial charge is 0.309 e. The van der Waals surface area contributed by atoms with Crippen molar-refractivity contribution in [3.63, 3.8) is 0 Å². The normalized spacial score (nSPS) is 10.6. The molecule has 0 bridgehead atoms. The van der Waals surface area contributed by atoms with Crippen molar-refractivity contribution in [1.29, 1.82) is 0 Å². The lowest BCUT2D eigenvalue weighted by Crippen LogP contribution is -2.01. The van der Waals surface area contributed by atoms with Crippen LogP contribution < -0.4 is 0 Å². The van der Waals surface area contributed by atoms with Crippen molar-refractivity contribution in [3.8, 4) is 11.7 Å². The molecule has 84 valence electrons. The fraction of sp³-hybridized carbons (Fsp3) is 0.200. The summed E-state index contributed by atoms with van der Waals surface area (Å²) in [5, 5.41) is 8.66. The van der Waals surface area contributed by atoms with Crippen LogP contribution in [0, 0.1) is 6.92 Å². The van der Waals surface area contributed by atoms with Gasteiger partial charge in [-0.3, -0.25) is 4.79 Å². The first-order chi connectivity index (χ1) is 7.56. The van der Waals surface area contributed by atoms with Gasteiger partial charge in [-0.25, -0.2) is 4.98 Å². The summed E-state index contributed by atoms with van der Waals surface area (Å²) in [6.45, 7) is 1.67. The number of carboxylic acid groups (broad SMARTS) is 1. The van der Waals surface area contributed by atoms with Crippen LogP contribution in [-0.2, 0) is 11.2 Å². The van der Waals surface area contributed by atoms with E-state index in [0.717, 1.165) is 0 Å². The summed E-state index contributed by atoms with van der Waals surface area (Å²) in [5.41, 5.74) is 0.412. The van der Waals surface area contributed by atoms with Gasteiger partial charge in [-0.15, -0.1) is 0 Å². The molecule has 2 aromatic rings. The zero-order chi connectivity index (χ0) is 11.7. The van der Waals surface area contributed by atoms with Gasteiger partial charge in [-0.05, 0) is 35.0 Å². The number of hydrogen-bond donors (Lipinski definition) is 1. The second-order valence-corrected chi connectivity index (χ2v) is 3.98. The molecular weight excluding hydrogens is 278 g/mol. The molecule has 6 heteroatoms. The first kappa shape index (κ1) is 10.9. The van der Waals surface area contributed by atoms with E-state index in [1.807, 2.05) is 0 Å². The molecule has 0 aliphatic carbocycles. The molecule has 0 aliphatic rings. The lowest BCUT2D eigenvalue weighted by atomic mass is 10.3. The van der Waals surface area contributed by atoms with Crippen LogP contribution in [0.3, 0.4) is 0 Å². The van der Waals surface area contributed by atoms with Gasteiger partial charge in [0.05, 0.1) is 12.1 Å². The third-order valence-corrected chi connectivity index (χ3v) is 2.42. The van der Waals surface area contributed by atoms with Gasteiger partial charge in [-0.1, -0.05) is 0 Å². The fourth-order valence-corrected chi connectivity index (χ4v) is 1.58. The van der Waals surface area contributed by atoms with Crippen LogP contribution >= 0.6 is 15.9 Å². The third-order valence-electron chi connectivity index (χ3n) is 2.00. The first-order valence-corrected chi connectivity index (χ1v) is 5.29. The summed E-state index contributed by atoms with van der Waals surface area (Å²) in [6, 6.07) is 3.41. The van der Waals surface area contributed by atoms with Gasteiger partial charge in [0.15, 0.2) is 10.4 Å². The predicted molar refractivity (Wildman–Crippen MR) is 58.0 cm³/mol. The van der Waals surface area contributed by atoms with Crippen molar-refractivity contribution in [2.24, 2.45) is 0 Å². The first-order valence-electron chi connectivity index (χ1n) is 4.50. The largest absolute Gasteiger partial charge is 0.481 e. The maximum absolute atomic E-state index is 10.6. The molecular formula is C10H8BrNO4. The zero-order valence-corrected chi connectivity index (χ0v) is 9.94. The van der Waals surface area contributed by atoms with E-state index in [2.05, 4.69) is 20.9 Å². The van der Waals surface area contributed by atoms with Crippen molar-refractivity contribution in [3.05, 3.63) is 28.3 Å². The maximum Gasteiger partial charge on any atom is 0.309 e. The van der Waals surface area contributed by atoms with Crippen LogP contribution in [-0.4, -0.2) is 16.1 Å². The second-order valence-electron chi connectivity index (χ2n) is 3.20. The Morgan fingerprint density at radius 2 is 2.25 bits per heavy atom. The highest BCUT2D eigenvalue weighted by atomic mass is 79.9. The van der Waals surface area contributed by atoms with Crippen molar-refractivity contribution >= 4 is 21.9 Å². The number of carboxylic acids is 1. The number of furan rings is 1. The molecule has 0 unspecified atom stereocenters. The molecule has 2 aromatic heterocycles. The molecule has 0 spiro atoms. The number of rotatable bonds is 3. The topological polar surface area (TPSA) is 76.5 Å². The van der Waals surface area contributed by atoms with E-state index < -0.39 is 5.97 Å². The van der Waals surface area contributed by atoms with Gasteiger partial charge in [0.1, 0.15) is 5.76 Å². The van der Waals surface area contributed by atoms with Crippen LogP contribution in [0.25, 0.3) is 11.7 Å². The van der Waals surface area contributed by atoms with Gasteiger partial charge < -0.3 is 13.9 Å². The Balaban J connectivity index is 2.33. The average Bonchev–Trinajstić information content (AvgIpc) is 2.74. The Hall–Kier alpha value is -1.56. The van der Waals surface area contributed by atoms with E-state index in [4.69, 9.17) is 13.9 Å². The SMILES string of the molecule is Cc1oc(-c2ccc(Br)o2)nc1CC(=O)O. The van der Waals surface area contributed by atoms with E-state index >= 15 is 0 Å². The Morgan fingerprint density at radius 1 is 1.50 bits per heavy atom. The number of aromatic nitrogens is 1. The fourth-order valence-electron chi connectivity index (χ4n) is 1.27. The Bertz CT molecular complexity index is 529. The molecule has 0 radical (unpaired) electrons. The Labute approximate surface area is 99.2 Å². The van der Waals surface area contributed by atoms with E-state index in [9.17, 15) is 4.79 Å². The number of oxazole rings is 1. The van der Waals surface area contributed by atoms with Crippen LogP contribution in [0.2, 0.25) is 0 Å². The number of carbonyl (C=O) groups is 1. The van der Waals surface area contributed by atoms with Gasteiger partial charge in [-0.2, -0.15) is 0 Å². The summed E-state index contributed by atoms with van der Waals surface area (Å²) in [7, 11) is 0. The highest BCUT2D eigenvalue weighted by Crippen LogP contribution is 2.26. The zero-order valence-electron chi connectivity index (χ0n) is 8.36. The third kappa shape index (κ3) is 2.16. The van der Waals surface area contributed by atoms with Crippen molar-refractivity contribution < 1.29 is 18.7 Å². The van der Waals surface area contributed by atoms with E-state index in [0.29, 0.717) is 27.8 Å². The van der Waals surface area contributed by atoms with E-state index in [1.54, 1.807) is 19.1 Å². The standard InChI is InChI=1S/C10H8BrNO4/c1-5-6(4-9(13)14)12-10(15-5)7-2-3-8(11)16-7/h2-3H,4H2,1H3,(H,13,14). The Morgan fingerprint density at radius 3 is 2.81 bits per heavy atom. The highest BCUT2D eigenvalue weighted by molar-refractivity contribution is 9.10. The van der Waals surface area contributed by atoms with Gasteiger partial charge in [0.25, 0.3) is 5.89 Å². The van der Waals surface area contributed by atoms with Crippen LogP contribution in [0.4, 0.5) is 0 Å². The summed E-state index contributed by atoms with van der Waals surface area (Å²) < 4.78 is 11.1. The molecule has 5 nitrogen and oxygen atoms in total. The maximum atomic E-state index is 10.6. The molecule has 0 saturated heterocycles. The molecule has 0 atom stereocenters. The predicted octanol–water partition coefficient (Wildman–Crippen LogP) is 2.63. The lowest BCUT2D eigenvalue weighted by Gasteiger charge is -1.88. The van der Waals surface area contributed by atoms with Gasteiger partial charge in [0, 0.05) is 0 Å². The highest BCUT2D eigenvalue weighted by Gasteiger charge is 2.16. The number of aliphatic carboxylic acids is 1. The minimum Gasteiger partial charge on any atom is -0.481 e. The molecule has 0 amide bonds. The second kappa shape index (κ2) is 4.13. The summed E-state index contributed by atoms with van der Waals surface area (Å²) in [5.74, 6) is 0.305. The van der Waals surface area contributed by atoms with Crippen LogP contribution in [0.15, 0.2) is 25.6 Å². The minimum atomic E-state index is -0.941. The molecule has 0 aromatic carbocycles. The van der Waals surface area contributed by atoms with Gasteiger partial charge >= 0.3 is 5.97 Å². The quantitative estimate of drug-likeness (QED) is 0.938. The summed E-state index contributed by atoms with van der Waals surface area (Å²) in [4.78, 5) is 14.6.